The molecule has 156 valence electrons. The van der Waals surface area contributed by atoms with Crippen LogP contribution in [0.4, 0.5) is 10.5 Å². The Morgan fingerprint density at radius 3 is 2.46 bits per heavy atom. The maximum absolute atomic E-state index is 12.1. The van der Waals surface area contributed by atoms with E-state index >= 15 is 0 Å². The van der Waals surface area contributed by atoms with Gasteiger partial charge in [0.2, 0.25) is 0 Å². The van der Waals surface area contributed by atoms with Crippen molar-refractivity contribution in [1.29, 1.82) is 0 Å². The number of hydrogen-bond donors (Lipinski definition) is 1. The van der Waals surface area contributed by atoms with E-state index in [1.807, 2.05) is 0 Å². The zero-order valence-corrected chi connectivity index (χ0v) is 17.1. The second-order valence-corrected chi connectivity index (χ2v) is 8.54. The molecule has 0 atom stereocenters. The molecule has 0 radical (unpaired) electrons. The Morgan fingerprint density at radius 2 is 1.82 bits per heavy atom. The summed E-state index contributed by atoms with van der Waals surface area (Å²) in [6.07, 6.45) is 2.51. The van der Waals surface area contributed by atoms with Gasteiger partial charge in [0.25, 0.3) is 5.69 Å². The molecule has 0 bridgehead atoms. The van der Waals surface area contributed by atoms with E-state index in [1.165, 1.54) is 12.1 Å². The van der Waals surface area contributed by atoms with Gasteiger partial charge in [0.15, 0.2) is 4.90 Å². The Hall–Kier alpha value is -2.56. The van der Waals surface area contributed by atoms with Gasteiger partial charge in [0.05, 0.1) is 11.5 Å². The monoisotopic (exact) mass is 414 g/mol. The average molecular weight is 414 g/mol. The molecular weight excluding hydrogens is 388 g/mol. The number of carbonyl (C=O) groups excluding carboxylic acids is 1. The summed E-state index contributed by atoms with van der Waals surface area (Å²) >= 11 is 0. The zero-order chi connectivity index (χ0) is 21.2. The fraction of sp³-hybridized carbons (Fsp3) is 0.588. The fourth-order valence-electron chi connectivity index (χ4n) is 2.15. The Balaban J connectivity index is 2.30. The molecule has 0 saturated carbocycles. The molecule has 0 unspecified atom stereocenters. The molecule has 1 aromatic carbocycles. The molecule has 0 aliphatic heterocycles. The van der Waals surface area contributed by atoms with Crippen molar-refractivity contribution >= 4 is 21.8 Å². The highest BCUT2D eigenvalue weighted by Crippen LogP contribution is 2.24. The minimum Gasteiger partial charge on any atom is -0.444 e. The number of nitrogens with one attached hydrogen (secondary N) is 1. The summed E-state index contributed by atoms with van der Waals surface area (Å²) in [5.74, 6) is 0. The summed E-state index contributed by atoms with van der Waals surface area (Å²) in [6.45, 7) is 6.05. The first-order valence-corrected chi connectivity index (χ1v) is 10.3. The van der Waals surface area contributed by atoms with Crippen molar-refractivity contribution in [2.75, 3.05) is 13.1 Å². The lowest BCUT2D eigenvalue weighted by Crippen LogP contribution is -2.32. The molecule has 11 heteroatoms. The van der Waals surface area contributed by atoms with Crippen molar-refractivity contribution in [3.05, 3.63) is 34.4 Å². The first kappa shape index (κ1) is 23.5. The molecule has 0 heterocycles. The summed E-state index contributed by atoms with van der Waals surface area (Å²) in [6, 6.07) is 5.00. The Kier molecular flexibility index (Phi) is 8.97. The number of nitro groups is 1. The van der Waals surface area contributed by atoms with E-state index in [2.05, 4.69) is 15.0 Å². The predicted molar refractivity (Wildman–Crippen MR) is 103 cm³/mol. The molecule has 0 spiro atoms. The second-order valence-electron chi connectivity index (χ2n) is 6.99. The van der Waals surface area contributed by atoms with Gasteiger partial charge in [-0.2, -0.15) is 13.5 Å². The molecule has 1 N–H and O–H groups in total. The minimum absolute atomic E-state index is 0.194. The van der Waals surface area contributed by atoms with Crippen LogP contribution in [0.15, 0.2) is 38.8 Å². The molecular formula is C17H26N4O6S. The van der Waals surface area contributed by atoms with E-state index < -0.39 is 37.2 Å². The Morgan fingerprint density at radius 1 is 1.18 bits per heavy atom. The van der Waals surface area contributed by atoms with E-state index in [4.69, 9.17) is 4.74 Å². The third-order valence-corrected chi connectivity index (χ3v) is 4.59. The van der Waals surface area contributed by atoms with Crippen molar-refractivity contribution in [2.24, 2.45) is 9.63 Å². The first-order chi connectivity index (χ1) is 13.0. The topological polar surface area (TPSA) is 140 Å². The minimum atomic E-state index is -4.21. The largest absolute Gasteiger partial charge is 0.444 e. The number of alkyl carbamates (subject to hydrolysis) is 1. The maximum atomic E-state index is 12.1. The van der Waals surface area contributed by atoms with Gasteiger partial charge in [-0.15, -0.1) is 0 Å². The van der Waals surface area contributed by atoms with E-state index in [-0.39, 0.29) is 6.54 Å². The molecule has 1 rings (SSSR count). The van der Waals surface area contributed by atoms with Crippen molar-refractivity contribution in [1.82, 2.24) is 5.32 Å². The van der Waals surface area contributed by atoms with Gasteiger partial charge < -0.3 is 10.1 Å². The number of carbonyl (C=O) groups is 1. The normalized spacial score (nSPS) is 12.1. The smallest absolute Gasteiger partial charge is 0.407 e. The predicted octanol–water partition coefficient (Wildman–Crippen LogP) is 3.82. The summed E-state index contributed by atoms with van der Waals surface area (Å²) in [5, 5.41) is 17.2. The molecule has 0 saturated heterocycles. The van der Waals surface area contributed by atoms with Gasteiger partial charge in [-0.05, 0) is 39.7 Å². The Labute approximate surface area is 164 Å². The average Bonchev–Trinajstić information content (AvgIpc) is 2.58. The number of unbranched alkanes of at least 4 members (excludes halogenated alkanes) is 3. The number of sulfonamides is 1. The van der Waals surface area contributed by atoms with E-state index in [9.17, 15) is 23.3 Å². The molecule has 0 aliphatic carbocycles. The lowest BCUT2D eigenvalue weighted by molar-refractivity contribution is -0.387. The van der Waals surface area contributed by atoms with Gasteiger partial charge >= 0.3 is 16.1 Å². The number of amides is 1. The molecule has 1 aromatic rings. The second kappa shape index (κ2) is 10.7. The Bertz CT molecular complexity index is 802. The zero-order valence-electron chi connectivity index (χ0n) is 16.3. The SMILES string of the molecule is CC(C)(C)OC(=O)NCCCCCCN=NS(=O)(=O)c1ccccc1[N+](=O)[O-]. The van der Waals surface area contributed by atoms with Gasteiger partial charge in [0, 0.05) is 12.6 Å². The lowest BCUT2D eigenvalue weighted by atomic mass is 10.2. The highest BCUT2D eigenvalue weighted by Gasteiger charge is 2.24. The van der Waals surface area contributed by atoms with Gasteiger partial charge in [0.1, 0.15) is 5.60 Å². The van der Waals surface area contributed by atoms with Crippen molar-refractivity contribution < 1.29 is 22.9 Å². The van der Waals surface area contributed by atoms with Gasteiger partial charge in [-0.3, -0.25) is 10.1 Å². The highest BCUT2D eigenvalue weighted by molar-refractivity contribution is 7.90. The number of rotatable bonds is 10. The number of benzene rings is 1. The van der Waals surface area contributed by atoms with E-state index in [1.54, 1.807) is 20.8 Å². The van der Waals surface area contributed by atoms with Crippen LogP contribution in [0.3, 0.4) is 0 Å². The number of ether oxygens (including phenoxy) is 1. The van der Waals surface area contributed by atoms with Crippen LogP contribution in [0.25, 0.3) is 0 Å². The number of nitro benzene ring substituents is 1. The van der Waals surface area contributed by atoms with E-state index in [0.29, 0.717) is 13.0 Å². The fourth-order valence-corrected chi connectivity index (χ4v) is 3.13. The first-order valence-electron chi connectivity index (χ1n) is 8.87. The van der Waals surface area contributed by atoms with Crippen LogP contribution >= 0.6 is 0 Å². The van der Waals surface area contributed by atoms with Crippen LogP contribution in [0.1, 0.15) is 46.5 Å². The van der Waals surface area contributed by atoms with Crippen molar-refractivity contribution in [3.63, 3.8) is 0 Å². The van der Waals surface area contributed by atoms with Crippen LogP contribution in [0.2, 0.25) is 0 Å². The van der Waals surface area contributed by atoms with E-state index in [0.717, 1.165) is 31.4 Å². The molecule has 0 aliphatic rings. The van der Waals surface area contributed by atoms with Crippen LogP contribution < -0.4 is 5.32 Å². The van der Waals surface area contributed by atoms with Crippen LogP contribution in [-0.4, -0.2) is 38.1 Å². The molecule has 1 amide bonds. The summed E-state index contributed by atoms with van der Waals surface area (Å²) in [5.41, 5.74) is -1.06. The summed E-state index contributed by atoms with van der Waals surface area (Å²) < 4.78 is 32.5. The number of hydrogen-bond acceptors (Lipinski definition) is 7. The van der Waals surface area contributed by atoms with Crippen LogP contribution in [0.5, 0.6) is 0 Å². The number of nitrogens with zero attached hydrogens (tertiary/aromatic N) is 3. The van der Waals surface area contributed by atoms with Gasteiger partial charge in [-0.1, -0.05) is 29.5 Å². The maximum Gasteiger partial charge on any atom is 0.407 e. The molecule has 28 heavy (non-hydrogen) atoms. The van der Waals surface area contributed by atoms with Crippen LogP contribution in [0, 0.1) is 10.1 Å². The third kappa shape index (κ3) is 8.89. The summed E-state index contributed by atoms with van der Waals surface area (Å²) in [7, 11) is -4.21. The highest BCUT2D eigenvalue weighted by atomic mass is 32.2. The third-order valence-electron chi connectivity index (χ3n) is 3.36. The lowest BCUT2D eigenvalue weighted by Gasteiger charge is -2.19. The molecule has 10 nitrogen and oxygen atoms in total. The standard InChI is InChI=1S/C17H26N4O6S/c1-17(2,3)27-16(22)18-12-8-4-5-9-13-19-20-28(25,26)15-11-7-6-10-14(15)21(23)24/h6-7,10-11H,4-5,8-9,12-13H2,1-3H3,(H,18,22). The molecule has 0 fully saturated rings. The quantitative estimate of drug-likeness (QED) is 0.267. The number of para-hydroxylation sites is 1. The van der Waals surface area contributed by atoms with Crippen LogP contribution in [-0.2, 0) is 14.8 Å². The molecule has 0 aromatic heterocycles. The van der Waals surface area contributed by atoms with Gasteiger partial charge in [-0.25, -0.2) is 4.79 Å². The van der Waals surface area contributed by atoms with Crippen molar-refractivity contribution in [3.8, 4) is 0 Å². The van der Waals surface area contributed by atoms with Crippen molar-refractivity contribution in [2.45, 2.75) is 57.0 Å². The summed E-state index contributed by atoms with van der Waals surface area (Å²) in [4.78, 5) is 21.1.